The molecule has 184 valence electrons. The van der Waals surface area contributed by atoms with Gasteiger partial charge in [-0.05, 0) is 133 Å². The van der Waals surface area contributed by atoms with Gasteiger partial charge in [-0.15, -0.1) is 0 Å². The van der Waals surface area contributed by atoms with Gasteiger partial charge in [0.05, 0.1) is 6.61 Å². The summed E-state index contributed by atoms with van der Waals surface area (Å²) in [5.74, 6) is 3.68. The molecular weight excluding hydrogens is 448 g/mol. The number of benzene rings is 3. The van der Waals surface area contributed by atoms with Crippen LogP contribution in [0.15, 0.2) is 60.7 Å². The quantitative estimate of drug-likeness (QED) is 0.266. The molecule has 0 heterocycles. The average molecular weight is 487 g/mol. The van der Waals surface area contributed by atoms with Crippen LogP contribution >= 0.6 is 11.8 Å². The second-order valence-corrected chi connectivity index (χ2v) is 10.5. The first kappa shape index (κ1) is 25.4. The van der Waals surface area contributed by atoms with E-state index in [1.165, 1.54) is 50.9 Å². The van der Waals surface area contributed by atoms with E-state index >= 15 is 0 Å². The maximum atomic E-state index is 6.26. The van der Waals surface area contributed by atoms with E-state index in [0.717, 1.165) is 36.7 Å². The van der Waals surface area contributed by atoms with Gasteiger partial charge in [-0.2, -0.15) is 11.8 Å². The van der Waals surface area contributed by atoms with Gasteiger partial charge in [0.2, 0.25) is 0 Å². The summed E-state index contributed by atoms with van der Waals surface area (Å²) < 4.78 is 12.3. The zero-order chi connectivity index (χ0) is 24.8. The number of hydrogen-bond donors (Lipinski definition) is 0. The molecule has 0 saturated heterocycles. The summed E-state index contributed by atoms with van der Waals surface area (Å²) >= 11 is 1.86. The third-order valence-electron chi connectivity index (χ3n) is 7.01. The predicted molar refractivity (Wildman–Crippen MR) is 152 cm³/mol. The lowest BCUT2D eigenvalue weighted by molar-refractivity contribution is 0.306. The van der Waals surface area contributed by atoms with Crippen molar-refractivity contribution in [1.29, 1.82) is 0 Å². The Morgan fingerprint density at radius 3 is 2.49 bits per heavy atom. The molecule has 3 heteroatoms. The summed E-state index contributed by atoms with van der Waals surface area (Å²) in [7, 11) is 0. The third-order valence-corrected chi connectivity index (χ3v) is 7.70. The van der Waals surface area contributed by atoms with E-state index in [-0.39, 0.29) is 0 Å². The van der Waals surface area contributed by atoms with Crippen molar-refractivity contribution < 1.29 is 9.47 Å². The molecule has 3 aromatic carbocycles. The summed E-state index contributed by atoms with van der Waals surface area (Å²) in [4.78, 5) is 0. The zero-order valence-corrected chi connectivity index (χ0v) is 22.6. The molecule has 0 aliphatic heterocycles. The minimum absolute atomic E-state index is 0.559. The maximum Gasteiger partial charge on any atom is 0.120 e. The van der Waals surface area contributed by atoms with E-state index in [1.54, 1.807) is 0 Å². The van der Waals surface area contributed by atoms with Gasteiger partial charge < -0.3 is 9.47 Å². The summed E-state index contributed by atoms with van der Waals surface area (Å²) in [5.41, 5.74) is 10.5. The molecule has 2 nitrogen and oxygen atoms in total. The van der Waals surface area contributed by atoms with E-state index in [1.807, 2.05) is 11.8 Å². The van der Waals surface area contributed by atoms with Crippen LogP contribution in [0.5, 0.6) is 11.5 Å². The molecule has 1 unspecified atom stereocenters. The SMILES string of the molecule is C/C=C1/CC(CC)c2ccc(OCc3cccc(-c4c(C)cc(OCCCSC)cc4C)c3)cc21. The topological polar surface area (TPSA) is 18.5 Å². The highest BCUT2D eigenvalue weighted by molar-refractivity contribution is 7.98. The largest absolute Gasteiger partial charge is 0.494 e. The number of thioether (sulfide) groups is 1. The lowest BCUT2D eigenvalue weighted by atomic mass is 9.94. The van der Waals surface area contributed by atoms with Crippen molar-refractivity contribution in [2.45, 2.75) is 59.5 Å². The molecule has 0 aromatic heterocycles. The molecule has 0 amide bonds. The van der Waals surface area contributed by atoms with Gasteiger partial charge in [-0.1, -0.05) is 37.3 Å². The minimum Gasteiger partial charge on any atom is -0.494 e. The summed E-state index contributed by atoms with van der Waals surface area (Å²) in [6.07, 6.45) is 7.79. The van der Waals surface area contributed by atoms with Crippen LogP contribution in [0.3, 0.4) is 0 Å². The third kappa shape index (κ3) is 5.95. The van der Waals surface area contributed by atoms with Gasteiger partial charge in [0.1, 0.15) is 18.1 Å². The Morgan fingerprint density at radius 1 is 0.971 bits per heavy atom. The predicted octanol–water partition coefficient (Wildman–Crippen LogP) is 8.98. The van der Waals surface area contributed by atoms with Crippen LogP contribution in [0.2, 0.25) is 0 Å². The second-order valence-electron chi connectivity index (χ2n) is 9.49. The Kier molecular flexibility index (Phi) is 8.62. The van der Waals surface area contributed by atoms with Crippen LogP contribution in [-0.4, -0.2) is 18.6 Å². The van der Waals surface area contributed by atoms with Crippen LogP contribution in [0.25, 0.3) is 16.7 Å². The van der Waals surface area contributed by atoms with E-state index < -0.39 is 0 Å². The minimum atomic E-state index is 0.559. The molecule has 1 aliphatic rings. The summed E-state index contributed by atoms with van der Waals surface area (Å²) in [6, 6.07) is 19.7. The average Bonchev–Trinajstić information content (AvgIpc) is 3.22. The lowest BCUT2D eigenvalue weighted by Gasteiger charge is -2.15. The monoisotopic (exact) mass is 486 g/mol. The molecule has 3 aromatic rings. The molecule has 35 heavy (non-hydrogen) atoms. The van der Waals surface area contributed by atoms with Crippen molar-refractivity contribution in [2.75, 3.05) is 18.6 Å². The molecule has 1 aliphatic carbocycles. The second kappa shape index (κ2) is 11.9. The van der Waals surface area contributed by atoms with Crippen molar-refractivity contribution in [3.63, 3.8) is 0 Å². The highest BCUT2D eigenvalue weighted by Gasteiger charge is 2.25. The molecule has 0 spiro atoms. The smallest absolute Gasteiger partial charge is 0.120 e. The van der Waals surface area contributed by atoms with Crippen molar-refractivity contribution in [3.05, 3.63) is 88.5 Å². The fraction of sp³-hybridized carbons (Fsp3) is 0.375. The van der Waals surface area contributed by atoms with E-state index in [0.29, 0.717) is 12.5 Å². The molecule has 4 rings (SSSR count). The van der Waals surface area contributed by atoms with Crippen LogP contribution in [0, 0.1) is 13.8 Å². The Labute approximate surface area is 215 Å². The Bertz CT molecular complexity index is 1170. The van der Waals surface area contributed by atoms with Crippen molar-refractivity contribution in [1.82, 2.24) is 0 Å². The first-order valence-electron chi connectivity index (χ1n) is 12.8. The van der Waals surface area contributed by atoms with E-state index in [4.69, 9.17) is 9.47 Å². The van der Waals surface area contributed by atoms with Gasteiger partial charge in [0.15, 0.2) is 0 Å². The Hall–Kier alpha value is -2.65. The standard InChI is InChI=1S/C32H38O2S/c1-6-25-19-26(7-2)31-20-28(12-13-30(25)31)34-21-24-10-8-11-27(18-24)32-22(3)16-29(17-23(32)4)33-14-9-15-35-5/h7-8,10-13,16-18,20,25H,6,9,14-15,19,21H2,1-5H3/b26-7-. The maximum absolute atomic E-state index is 6.26. The Balaban J connectivity index is 1.48. The summed E-state index contributed by atoms with van der Waals surface area (Å²) in [6.45, 7) is 10.1. The van der Waals surface area contributed by atoms with Gasteiger partial charge in [-0.3, -0.25) is 0 Å². The molecule has 0 fully saturated rings. The number of allylic oxidation sites excluding steroid dienone is 2. The highest BCUT2D eigenvalue weighted by atomic mass is 32.2. The first-order valence-corrected chi connectivity index (χ1v) is 14.2. The number of hydrogen-bond acceptors (Lipinski definition) is 3. The fourth-order valence-electron chi connectivity index (χ4n) is 5.22. The molecular formula is C32H38O2S. The van der Waals surface area contributed by atoms with E-state index in [2.05, 4.69) is 94.6 Å². The number of aryl methyl sites for hydroxylation is 2. The first-order chi connectivity index (χ1) is 17.0. The van der Waals surface area contributed by atoms with Crippen LogP contribution < -0.4 is 9.47 Å². The van der Waals surface area contributed by atoms with Gasteiger partial charge >= 0.3 is 0 Å². The molecule has 0 N–H and O–H groups in total. The van der Waals surface area contributed by atoms with Gasteiger partial charge in [0.25, 0.3) is 0 Å². The molecule has 0 radical (unpaired) electrons. The van der Waals surface area contributed by atoms with Gasteiger partial charge in [-0.25, -0.2) is 0 Å². The van der Waals surface area contributed by atoms with Crippen molar-refractivity contribution in [3.8, 4) is 22.6 Å². The van der Waals surface area contributed by atoms with E-state index in [9.17, 15) is 0 Å². The zero-order valence-electron chi connectivity index (χ0n) is 21.8. The Morgan fingerprint density at radius 2 is 1.77 bits per heavy atom. The summed E-state index contributed by atoms with van der Waals surface area (Å²) in [5, 5.41) is 0. The highest BCUT2D eigenvalue weighted by Crippen LogP contribution is 2.44. The van der Waals surface area contributed by atoms with Crippen molar-refractivity contribution in [2.24, 2.45) is 0 Å². The normalized spacial score (nSPS) is 15.9. The molecule has 0 bridgehead atoms. The van der Waals surface area contributed by atoms with Crippen molar-refractivity contribution >= 4 is 17.3 Å². The molecule has 1 atom stereocenters. The number of ether oxygens (including phenoxy) is 2. The van der Waals surface area contributed by atoms with Crippen LogP contribution in [0.1, 0.15) is 66.8 Å². The van der Waals surface area contributed by atoms with Crippen LogP contribution in [0.4, 0.5) is 0 Å². The number of rotatable bonds is 10. The lowest BCUT2D eigenvalue weighted by Crippen LogP contribution is -2.00. The number of fused-ring (bicyclic) bond motifs is 1. The van der Waals surface area contributed by atoms with Gasteiger partial charge in [0, 0.05) is 0 Å². The van der Waals surface area contributed by atoms with Crippen LogP contribution in [-0.2, 0) is 6.61 Å². The fourth-order valence-corrected chi connectivity index (χ4v) is 5.63. The molecule has 0 saturated carbocycles.